The Morgan fingerprint density at radius 3 is 3.12 bits per heavy atom. The molecule has 1 aromatic rings. The van der Waals surface area contributed by atoms with Gasteiger partial charge in [0.05, 0.1) is 31.7 Å². The van der Waals surface area contributed by atoms with E-state index in [1.807, 2.05) is 23.3 Å². The summed E-state index contributed by atoms with van der Waals surface area (Å²) in [5, 5.41) is 10.6. The molecule has 1 aromatic carbocycles. The van der Waals surface area contributed by atoms with E-state index >= 15 is 0 Å². The first-order chi connectivity index (χ1) is 8.40. The highest BCUT2D eigenvalue weighted by atomic mass is 16.7. The number of para-hydroxylation sites is 1. The van der Waals surface area contributed by atoms with Crippen LogP contribution in [0.25, 0.3) is 0 Å². The molecule has 0 amide bonds. The monoisotopic (exact) mass is 230 g/mol. The minimum Gasteiger partial charge on any atom is -0.493 e. The van der Waals surface area contributed by atoms with Crippen LogP contribution in [-0.4, -0.2) is 24.8 Å². The molecule has 4 heteroatoms. The van der Waals surface area contributed by atoms with Gasteiger partial charge in [-0.2, -0.15) is 10.3 Å². The average Bonchev–Trinajstić information content (AvgIpc) is 2.80. The second-order valence-corrected chi connectivity index (χ2v) is 4.40. The third-order valence-electron chi connectivity index (χ3n) is 3.35. The third kappa shape index (κ3) is 1.78. The van der Waals surface area contributed by atoms with Gasteiger partial charge >= 0.3 is 0 Å². The summed E-state index contributed by atoms with van der Waals surface area (Å²) >= 11 is 0. The van der Waals surface area contributed by atoms with Crippen molar-refractivity contribution in [2.24, 2.45) is 5.92 Å². The quantitative estimate of drug-likeness (QED) is 0.778. The lowest BCUT2D eigenvalue weighted by Gasteiger charge is -2.31. The molecule has 4 nitrogen and oxygen atoms in total. The highest BCUT2D eigenvalue weighted by Gasteiger charge is 2.41. The smallest absolute Gasteiger partial charge is 0.124 e. The topological polar surface area (TPSA) is 45.5 Å². The summed E-state index contributed by atoms with van der Waals surface area (Å²) in [4.78, 5) is 5.66. The van der Waals surface area contributed by atoms with Gasteiger partial charge in [-0.15, -0.1) is 0 Å². The lowest BCUT2D eigenvalue weighted by atomic mass is 9.92. The first-order valence-electron chi connectivity index (χ1n) is 5.88. The summed E-state index contributed by atoms with van der Waals surface area (Å²) < 4.78 is 5.72. The molecule has 0 aliphatic carbocycles. The van der Waals surface area contributed by atoms with E-state index in [0.29, 0.717) is 32.1 Å². The Morgan fingerprint density at radius 1 is 1.35 bits per heavy atom. The lowest BCUT2D eigenvalue weighted by molar-refractivity contribution is -0.132. The van der Waals surface area contributed by atoms with Crippen molar-refractivity contribution in [3.05, 3.63) is 29.8 Å². The number of nitriles is 1. The SMILES string of the molecule is N#CCCN1OCC2COc3ccccc3C21. The molecule has 2 aliphatic rings. The largest absolute Gasteiger partial charge is 0.493 e. The van der Waals surface area contributed by atoms with Crippen LogP contribution in [0.1, 0.15) is 18.0 Å². The molecule has 2 atom stereocenters. The predicted molar refractivity (Wildman–Crippen MR) is 61.1 cm³/mol. The second-order valence-electron chi connectivity index (χ2n) is 4.40. The number of ether oxygens (including phenoxy) is 1. The molecule has 0 bridgehead atoms. The molecule has 0 aromatic heterocycles. The van der Waals surface area contributed by atoms with Gasteiger partial charge in [0.25, 0.3) is 0 Å². The lowest BCUT2D eigenvalue weighted by Crippen LogP contribution is -2.31. The molecule has 0 spiro atoms. The predicted octanol–water partition coefficient (Wildman–Crippen LogP) is 1.90. The molecule has 2 aliphatic heterocycles. The van der Waals surface area contributed by atoms with E-state index in [1.54, 1.807) is 0 Å². The molecule has 0 N–H and O–H groups in total. The summed E-state index contributed by atoms with van der Waals surface area (Å²) in [6, 6.07) is 10.5. The van der Waals surface area contributed by atoms with Crippen LogP contribution in [0.5, 0.6) is 5.75 Å². The number of fused-ring (bicyclic) bond motifs is 3. The molecule has 17 heavy (non-hydrogen) atoms. The van der Waals surface area contributed by atoms with Crippen LogP contribution in [0.3, 0.4) is 0 Å². The number of benzene rings is 1. The van der Waals surface area contributed by atoms with E-state index < -0.39 is 0 Å². The van der Waals surface area contributed by atoms with Gasteiger partial charge in [-0.05, 0) is 6.07 Å². The first-order valence-corrected chi connectivity index (χ1v) is 5.88. The van der Waals surface area contributed by atoms with E-state index in [4.69, 9.17) is 14.8 Å². The van der Waals surface area contributed by atoms with Gasteiger partial charge in [-0.3, -0.25) is 4.84 Å². The first kappa shape index (κ1) is 10.6. The molecule has 0 radical (unpaired) electrons. The van der Waals surface area contributed by atoms with Crippen LogP contribution in [0.2, 0.25) is 0 Å². The molecule has 88 valence electrons. The Balaban J connectivity index is 1.89. The Bertz CT molecular complexity index is 455. The molecule has 3 rings (SSSR count). The zero-order valence-corrected chi connectivity index (χ0v) is 9.50. The molecule has 0 saturated carbocycles. The zero-order chi connectivity index (χ0) is 11.7. The van der Waals surface area contributed by atoms with Crippen LogP contribution >= 0.6 is 0 Å². The molecule has 2 unspecified atom stereocenters. The van der Waals surface area contributed by atoms with Gasteiger partial charge in [-0.1, -0.05) is 18.2 Å². The number of hydrogen-bond donors (Lipinski definition) is 0. The summed E-state index contributed by atoms with van der Waals surface area (Å²) in [6.07, 6.45) is 0.492. The average molecular weight is 230 g/mol. The maximum Gasteiger partial charge on any atom is 0.124 e. The van der Waals surface area contributed by atoms with Crippen molar-refractivity contribution in [2.45, 2.75) is 12.5 Å². The maximum atomic E-state index is 8.66. The van der Waals surface area contributed by atoms with Gasteiger partial charge in [0.2, 0.25) is 0 Å². The Kier molecular flexibility index (Phi) is 2.71. The highest BCUT2D eigenvalue weighted by molar-refractivity contribution is 5.38. The summed E-state index contributed by atoms with van der Waals surface area (Å²) in [5.74, 6) is 1.32. The normalized spacial score (nSPS) is 26.8. The summed E-state index contributed by atoms with van der Waals surface area (Å²) in [5.41, 5.74) is 1.18. The Labute approximate surface area is 100 Å². The van der Waals surface area contributed by atoms with Crippen LogP contribution in [0.4, 0.5) is 0 Å². The highest BCUT2D eigenvalue weighted by Crippen LogP contribution is 2.42. The van der Waals surface area contributed by atoms with Crippen molar-refractivity contribution in [3.8, 4) is 11.8 Å². The fourth-order valence-corrected chi connectivity index (χ4v) is 2.56. The molecule has 1 fully saturated rings. The van der Waals surface area contributed by atoms with Crippen LogP contribution in [-0.2, 0) is 4.84 Å². The number of nitrogens with zero attached hydrogens (tertiary/aromatic N) is 2. The van der Waals surface area contributed by atoms with E-state index in [0.717, 1.165) is 5.75 Å². The van der Waals surface area contributed by atoms with Gasteiger partial charge in [0.15, 0.2) is 0 Å². The maximum absolute atomic E-state index is 8.66. The van der Waals surface area contributed by atoms with Gasteiger partial charge in [0.1, 0.15) is 5.75 Å². The van der Waals surface area contributed by atoms with Crippen molar-refractivity contribution in [2.75, 3.05) is 19.8 Å². The van der Waals surface area contributed by atoms with Crippen molar-refractivity contribution < 1.29 is 9.57 Å². The van der Waals surface area contributed by atoms with Gasteiger partial charge < -0.3 is 4.74 Å². The summed E-state index contributed by atoms with van der Waals surface area (Å²) in [7, 11) is 0. The minimum absolute atomic E-state index is 0.244. The zero-order valence-electron chi connectivity index (χ0n) is 9.50. The third-order valence-corrected chi connectivity index (χ3v) is 3.35. The second kappa shape index (κ2) is 4.36. The molecule has 1 saturated heterocycles. The molecule has 2 heterocycles. The Morgan fingerprint density at radius 2 is 2.24 bits per heavy atom. The van der Waals surface area contributed by atoms with Crippen molar-refractivity contribution in [3.63, 3.8) is 0 Å². The van der Waals surface area contributed by atoms with E-state index in [9.17, 15) is 0 Å². The van der Waals surface area contributed by atoms with E-state index in [1.165, 1.54) is 5.56 Å². The van der Waals surface area contributed by atoms with Crippen molar-refractivity contribution in [1.29, 1.82) is 5.26 Å². The fourth-order valence-electron chi connectivity index (χ4n) is 2.56. The standard InChI is InChI=1S/C13H14N2O2/c14-6-3-7-15-13-10(9-17-15)8-16-12-5-2-1-4-11(12)13/h1-2,4-5,10,13H,3,7-9H2. The number of hydroxylamine groups is 2. The van der Waals surface area contributed by atoms with Gasteiger partial charge in [0, 0.05) is 18.0 Å². The van der Waals surface area contributed by atoms with E-state index in [-0.39, 0.29) is 6.04 Å². The van der Waals surface area contributed by atoms with Gasteiger partial charge in [-0.25, -0.2) is 0 Å². The van der Waals surface area contributed by atoms with E-state index in [2.05, 4.69) is 12.1 Å². The summed E-state index contributed by atoms with van der Waals surface area (Å²) in [6.45, 7) is 2.04. The van der Waals surface area contributed by atoms with Crippen LogP contribution in [0, 0.1) is 17.2 Å². The molecular weight excluding hydrogens is 216 g/mol. The number of rotatable bonds is 2. The fraction of sp³-hybridized carbons (Fsp3) is 0.462. The molecular formula is C13H14N2O2. The number of hydrogen-bond acceptors (Lipinski definition) is 4. The minimum atomic E-state index is 0.244. The van der Waals surface area contributed by atoms with Crippen molar-refractivity contribution in [1.82, 2.24) is 5.06 Å². The van der Waals surface area contributed by atoms with Crippen LogP contribution in [0.15, 0.2) is 24.3 Å². The van der Waals surface area contributed by atoms with Crippen LogP contribution < -0.4 is 4.74 Å². The van der Waals surface area contributed by atoms with Crippen molar-refractivity contribution >= 4 is 0 Å². The Hall–Kier alpha value is -1.57.